The van der Waals surface area contributed by atoms with E-state index in [0.29, 0.717) is 18.9 Å². The molecule has 5 nitrogen and oxygen atoms in total. The van der Waals surface area contributed by atoms with Gasteiger partial charge in [-0.15, -0.1) is 0 Å². The highest BCUT2D eigenvalue weighted by Gasteiger charge is 2.29. The third kappa shape index (κ3) is 5.94. The van der Waals surface area contributed by atoms with Crippen molar-refractivity contribution in [1.29, 1.82) is 0 Å². The molecule has 0 bridgehead atoms. The summed E-state index contributed by atoms with van der Waals surface area (Å²) >= 11 is 0. The molecular formula is C16H30N2O3. The summed E-state index contributed by atoms with van der Waals surface area (Å²) in [6.45, 7) is 6.92. The highest BCUT2D eigenvalue weighted by Crippen LogP contribution is 2.24. The highest BCUT2D eigenvalue weighted by molar-refractivity contribution is 5.82. The minimum atomic E-state index is -0.944. The fraction of sp³-hybridized carbons (Fsp3) is 0.875. The molecule has 1 saturated carbocycles. The Morgan fingerprint density at radius 1 is 1.24 bits per heavy atom. The molecule has 1 fully saturated rings. The van der Waals surface area contributed by atoms with Gasteiger partial charge in [-0.2, -0.15) is 0 Å². The molecule has 1 aliphatic carbocycles. The van der Waals surface area contributed by atoms with Crippen LogP contribution in [0.2, 0.25) is 0 Å². The van der Waals surface area contributed by atoms with E-state index in [0.717, 1.165) is 38.5 Å². The van der Waals surface area contributed by atoms with E-state index >= 15 is 0 Å². The van der Waals surface area contributed by atoms with Gasteiger partial charge in [0.25, 0.3) is 0 Å². The number of rotatable bonds is 8. The van der Waals surface area contributed by atoms with Crippen LogP contribution in [0.5, 0.6) is 0 Å². The van der Waals surface area contributed by atoms with Crippen molar-refractivity contribution in [3.05, 3.63) is 0 Å². The molecule has 1 atom stereocenters. The first-order chi connectivity index (χ1) is 9.95. The Hall–Kier alpha value is -1.26. The second kappa shape index (κ2) is 8.90. The maximum absolute atomic E-state index is 12.5. The Morgan fingerprint density at radius 3 is 2.33 bits per heavy atom. The Balaban J connectivity index is 2.66. The van der Waals surface area contributed by atoms with Gasteiger partial charge in [-0.25, -0.2) is 9.59 Å². The molecule has 1 aliphatic rings. The van der Waals surface area contributed by atoms with Gasteiger partial charge < -0.3 is 15.3 Å². The third-order valence-electron chi connectivity index (χ3n) is 4.15. The number of urea groups is 1. The average molecular weight is 298 g/mol. The predicted molar refractivity (Wildman–Crippen MR) is 83.3 cm³/mol. The van der Waals surface area contributed by atoms with Crippen molar-refractivity contribution in [1.82, 2.24) is 10.2 Å². The van der Waals surface area contributed by atoms with Crippen LogP contribution in [-0.4, -0.2) is 40.6 Å². The summed E-state index contributed by atoms with van der Waals surface area (Å²) in [4.78, 5) is 25.6. The zero-order chi connectivity index (χ0) is 15.8. The minimum Gasteiger partial charge on any atom is -0.480 e. The van der Waals surface area contributed by atoms with Gasteiger partial charge >= 0.3 is 12.0 Å². The van der Waals surface area contributed by atoms with Crippen LogP contribution in [0.3, 0.4) is 0 Å². The first kappa shape index (κ1) is 17.8. The van der Waals surface area contributed by atoms with E-state index in [-0.39, 0.29) is 12.1 Å². The van der Waals surface area contributed by atoms with E-state index < -0.39 is 12.0 Å². The molecule has 2 N–H and O–H groups in total. The van der Waals surface area contributed by atoms with Crippen molar-refractivity contribution in [2.75, 3.05) is 6.54 Å². The number of carboxylic acids is 1. The van der Waals surface area contributed by atoms with Gasteiger partial charge in [-0.1, -0.05) is 40.0 Å². The fourth-order valence-corrected chi connectivity index (χ4v) is 2.84. The molecule has 0 unspecified atom stereocenters. The van der Waals surface area contributed by atoms with Crippen LogP contribution in [-0.2, 0) is 4.79 Å². The second-order valence-electron chi connectivity index (χ2n) is 6.44. The van der Waals surface area contributed by atoms with Crippen LogP contribution in [0.4, 0.5) is 4.79 Å². The predicted octanol–water partition coefficient (Wildman–Crippen LogP) is 3.24. The Bertz CT molecular complexity index is 338. The van der Waals surface area contributed by atoms with Gasteiger partial charge in [0.2, 0.25) is 0 Å². The van der Waals surface area contributed by atoms with Crippen LogP contribution in [0, 0.1) is 5.92 Å². The first-order valence-electron chi connectivity index (χ1n) is 8.25. The minimum absolute atomic E-state index is 0.205. The fourth-order valence-electron chi connectivity index (χ4n) is 2.84. The van der Waals surface area contributed by atoms with Crippen LogP contribution in [0.1, 0.15) is 65.7 Å². The van der Waals surface area contributed by atoms with Crippen LogP contribution >= 0.6 is 0 Å². The van der Waals surface area contributed by atoms with Crippen LogP contribution in [0.25, 0.3) is 0 Å². The summed E-state index contributed by atoms with van der Waals surface area (Å²) in [6.07, 6.45) is 6.57. The Labute approximate surface area is 128 Å². The summed E-state index contributed by atoms with van der Waals surface area (Å²) in [6, 6.07) is -0.700. The van der Waals surface area contributed by atoms with Crippen molar-refractivity contribution in [2.45, 2.75) is 77.8 Å². The van der Waals surface area contributed by atoms with E-state index in [9.17, 15) is 14.7 Å². The molecule has 0 aromatic carbocycles. The lowest BCUT2D eigenvalue weighted by Gasteiger charge is -2.31. The summed E-state index contributed by atoms with van der Waals surface area (Å²) in [7, 11) is 0. The summed E-state index contributed by atoms with van der Waals surface area (Å²) in [5.74, 6) is -0.409. The van der Waals surface area contributed by atoms with E-state index in [1.54, 1.807) is 0 Å². The smallest absolute Gasteiger partial charge is 0.326 e. The number of aliphatic carboxylic acids is 1. The number of hydrogen-bond acceptors (Lipinski definition) is 2. The largest absolute Gasteiger partial charge is 0.480 e. The standard InChI is InChI=1S/C16H30N2O3/c1-4-7-14(15(19)20)17-16(21)18(11-10-12(2)3)13-8-5-6-9-13/h12-14H,4-11H2,1-3H3,(H,17,21)(H,19,20)/t14-/m1/s1. The van der Waals surface area contributed by atoms with Crippen molar-refractivity contribution >= 4 is 12.0 Å². The SMILES string of the molecule is CCC[C@@H](NC(=O)N(CCC(C)C)C1CCCC1)C(=O)O. The van der Waals surface area contributed by atoms with Crippen LogP contribution < -0.4 is 5.32 Å². The summed E-state index contributed by atoms with van der Waals surface area (Å²) < 4.78 is 0. The molecule has 0 aromatic rings. The van der Waals surface area contributed by atoms with E-state index in [1.165, 1.54) is 0 Å². The number of carbonyl (C=O) groups is 2. The number of hydrogen-bond donors (Lipinski definition) is 2. The van der Waals surface area contributed by atoms with Gasteiger partial charge in [-0.3, -0.25) is 0 Å². The number of amides is 2. The van der Waals surface area contributed by atoms with E-state index in [4.69, 9.17) is 0 Å². The molecule has 0 aliphatic heterocycles. The molecule has 0 radical (unpaired) electrons. The van der Waals surface area contributed by atoms with Crippen molar-refractivity contribution < 1.29 is 14.7 Å². The van der Waals surface area contributed by atoms with E-state index in [1.807, 2.05) is 11.8 Å². The molecule has 0 aromatic heterocycles. The Morgan fingerprint density at radius 2 is 1.86 bits per heavy atom. The Kier molecular flexibility index (Phi) is 7.54. The zero-order valence-electron chi connectivity index (χ0n) is 13.6. The van der Waals surface area contributed by atoms with E-state index in [2.05, 4.69) is 19.2 Å². The molecule has 2 amide bonds. The third-order valence-corrected chi connectivity index (χ3v) is 4.15. The van der Waals surface area contributed by atoms with Gasteiger partial charge in [0.1, 0.15) is 6.04 Å². The molecule has 0 spiro atoms. The van der Waals surface area contributed by atoms with Crippen LogP contribution in [0.15, 0.2) is 0 Å². The van der Waals surface area contributed by atoms with Gasteiger partial charge in [0.05, 0.1) is 0 Å². The number of carboxylic acid groups (broad SMARTS) is 1. The zero-order valence-corrected chi connectivity index (χ0v) is 13.6. The maximum atomic E-state index is 12.5. The summed E-state index contributed by atoms with van der Waals surface area (Å²) in [5.41, 5.74) is 0. The van der Waals surface area contributed by atoms with Crippen molar-refractivity contribution in [2.24, 2.45) is 5.92 Å². The van der Waals surface area contributed by atoms with Gasteiger partial charge in [0.15, 0.2) is 0 Å². The monoisotopic (exact) mass is 298 g/mol. The maximum Gasteiger partial charge on any atom is 0.326 e. The van der Waals surface area contributed by atoms with Gasteiger partial charge in [0, 0.05) is 12.6 Å². The quantitative estimate of drug-likeness (QED) is 0.722. The highest BCUT2D eigenvalue weighted by atomic mass is 16.4. The number of carbonyl (C=O) groups excluding carboxylic acids is 1. The lowest BCUT2D eigenvalue weighted by molar-refractivity contribution is -0.139. The molecule has 1 rings (SSSR count). The molecular weight excluding hydrogens is 268 g/mol. The lowest BCUT2D eigenvalue weighted by atomic mass is 10.1. The molecule has 0 saturated heterocycles. The molecule has 122 valence electrons. The number of nitrogens with one attached hydrogen (secondary N) is 1. The van der Waals surface area contributed by atoms with Crippen molar-refractivity contribution in [3.63, 3.8) is 0 Å². The lowest BCUT2D eigenvalue weighted by Crippen LogP contribution is -2.51. The average Bonchev–Trinajstić information content (AvgIpc) is 2.91. The normalized spacial score (nSPS) is 17.0. The first-order valence-corrected chi connectivity index (χ1v) is 8.25. The summed E-state index contributed by atoms with van der Waals surface area (Å²) in [5, 5.41) is 11.9. The number of nitrogens with zero attached hydrogens (tertiary/aromatic N) is 1. The molecule has 0 heterocycles. The topological polar surface area (TPSA) is 69.6 Å². The van der Waals surface area contributed by atoms with Gasteiger partial charge in [-0.05, 0) is 31.6 Å². The second-order valence-corrected chi connectivity index (χ2v) is 6.44. The molecule has 21 heavy (non-hydrogen) atoms. The van der Waals surface area contributed by atoms with Crippen molar-refractivity contribution in [3.8, 4) is 0 Å². The molecule has 5 heteroatoms.